The number of nitrogens with one attached hydrogen (secondary N) is 2. The number of carbonyl (C=O) groups is 3. The minimum atomic E-state index is -4.53. The Morgan fingerprint density at radius 1 is 0.919 bits per heavy atom. The third-order valence-electron chi connectivity index (χ3n) is 5.43. The molecule has 0 aliphatic rings. The number of pyridine rings is 1. The maximum atomic E-state index is 13.0. The molecule has 10 heteroatoms. The van der Waals surface area contributed by atoms with E-state index < -0.39 is 41.5 Å². The molecule has 2 N–H and O–H groups in total. The predicted octanol–water partition coefficient (Wildman–Crippen LogP) is 3.62. The van der Waals surface area contributed by atoms with Crippen LogP contribution in [0.2, 0.25) is 0 Å². The van der Waals surface area contributed by atoms with Crippen LogP contribution in [-0.2, 0) is 44.9 Å². The molecule has 0 fully saturated rings. The second kappa shape index (κ2) is 12.8. The number of rotatable bonds is 11. The van der Waals surface area contributed by atoms with E-state index in [1.807, 2.05) is 30.3 Å². The Bertz CT molecular complexity index is 1190. The van der Waals surface area contributed by atoms with Crippen molar-refractivity contribution in [1.29, 1.82) is 0 Å². The van der Waals surface area contributed by atoms with Crippen molar-refractivity contribution in [1.82, 2.24) is 15.6 Å². The van der Waals surface area contributed by atoms with Crippen LogP contribution in [0.3, 0.4) is 0 Å². The highest BCUT2D eigenvalue weighted by atomic mass is 19.4. The van der Waals surface area contributed by atoms with Crippen molar-refractivity contribution < 1.29 is 32.3 Å². The van der Waals surface area contributed by atoms with Crippen LogP contribution in [0.4, 0.5) is 13.2 Å². The fourth-order valence-electron chi connectivity index (χ4n) is 3.33. The number of Topliss-reactive ketones (excluding diaryl/α,β-unsaturated/α-hetero) is 1. The summed E-state index contributed by atoms with van der Waals surface area (Å²) in [7, 11) is 0. The molecule has 0 radical (unpaired) electrons. The molecule has 0 unspecified atom stereocenters. The maximum absolute atomic E-state index is 13.0. The van der Waals surface area contributed by atoms with Gasteiger partial charge in [0.2, 0.25) is 11.7 Å². The van der Waals surface area contributed by atoms with Gasteiger partial charge in [-0.2, -0.15) is 13.2 Å². The van der Waals surface area contributed by atoms with Crippen LogP contribution in [0.5, 0.6) is 0 Å². The highest BCUT2D eigenvalue weighted by Gasteiger charge is 2.31. The Morgan fingerprint density at radius 3 is 2.11 bits per heavy atom. The first kappa shape index (κ1) is 27.5. The zero-order valence-corrected chi connectivity index (χ0v) is 20.0. The molecular weight excluding hydrogens is 487 g/mol. The summed E-state index contributed by atoms with van der Waals surface area (Å²) in [5.41, 5.74) is 0.806. The van der Waals surface area contributed by atoms with Gasteiger partial charge in [-0.3, -0.25) is 19.4 Å². The summed E-state index contributed by atoms with van der Waals surface area (Å²) in [4.78, 5) is 42.0. The SMILES string of the molecule is C[C@@H](OCc1ccccc1)C(=O)N[C@H](Cc1ccccc1)C(=O)C(=O)NCc1ccc(C(F)(F)F)cn1. The summed E-state index contributed by atoms with van der Waals surface area (Å²) in [5, 5.41) is 4.95. The summed E-state index contributed by atoms with van der Waals surface area (Å²) in [6.45, 7) is 1.47. The summed E-state index contributed by atoms with van der Waals surface area (Å²) in [6.07, 6.45) is -4.72. The summed E-state index contributed by atoms with van der Waals surface area (Å²) in [6, 6.07) is 18.9. The molecule has 2 aromatic carbocycles. The lowest BCUT2D eigenvalue weighted by Gasteiger charge is -2.20. The van der Waals surface area contributed by atoms with E-state index in [9.17, 15) is 27.6 Å². The van der Waals surface area contributed by atoms with E-state index in [-0.39, 0.29) is 25.3 Å². The normalized spacial score (nSPS) is 12.9. The molecule has 0 saturated heterocycles. The Hall–Kier alpha value is -4.05. The Morgan fingerprint density at radius 2 is 1.54 bits per heavy atom. The van der Waals surface area contributed by atoms with E-state index >= 15 is 0 Å². The van der Waals surface area contributed by atoms with Gasteiger partial charge < -0.3 is 15.4 Å². The van der Waals surface area contributed by atoms with Gasteiger partial charge in [-0.1, -0.05) is 60.7 Å². The first-order chi connectivity index (χ1) is 17.6. The van der Waals surface area contributed by atoms with E-state index in [1.165, 1.54) is 0 Å². The van der Waals surface area contributed by atoms with E-state index in [2.05, 4.69) is 15.6 Å². The van der Waals surface area contributed by atoms with E-state index in [0.29, 0.717) is 6.20 Å². The zero-order chi connectivity index (χ0) is 26.8. The number of aromatic nitrogens is 1. The van der Waals surface area contributed by atoms with Crippen LogP contribution in [0.1, 0.15) is 29.3 Å². The number of carbonyl (C=O) groups excluding carboxylic acids is 3. The average molecular weight is 514 g/mol. The predicted molar refractivity (Wildman–Crippen MR) is 129 cm³/mol. The Kier molecular flexibility index (Phi) is 9.51. The van der Waals surface area contributed by atoms with Crippen molar-refractivity contribution in [2.24, 2.45) is 0 Å². The molecule has 0 aliphatic heterocycles. The molecule has 0 spiro atoms. The number of hydrogen-bond donors (Lipinski definition) is 2. The molecule has 2 atom stereocenters. The summed E-state index contributed by atoms with van der Waals surface area (Å²) in [5.74, 6) is -2.47. The first-order valence-electron chi connectivity index (χ1n) is 11.5. The van der Waals surface area contributed by atoms with Gasteiger partial charge in [0, 0.05) is 12.6 Å². The minimum Gasteiger partial charge on any atom is -0.364 e. The van der Waals surface area contributed by atoms with Gasteiger partial charge in [0.25, 0.3) is 5.91 Å². The van der Waals surface area contributed by atoms with Gasteiger partial charge in [-0.25, -0.2) is 0 Å². The van der Waals surface area contributed by atoms with Crippen LogP contribution in [-0.4, -0.2) is 34.7 Å². The second-order valence-electron chi connectivity index (χ2n) is 8.27. The van der Waals surface area contributed by atoms with Crippen LogP contribution in [0.15, 0.2) is 79.0 Å². The molecule has 1 aromatic heterocycles. The highest BCUT2D eigenvalue weighted by molar-refractivity contribution is 6.38. The largest absolute Gasteiger partial charge is 0.417 e. The van der Waals surface area contributed by atoms with E-state index in [4.69, 9.17) is 4.74 Å². The lowest BCUT2D eigenvalue weighted by atomic mass is 10.0. The average Bonchev–Trinajstić information content (AvgIpc) is 2.90. The molecule has 7 nitrogen and oxygen atoms in total. The van der Waals surface area contributed by atoms with Gasteiger partial charge in [-0.15, -0.1) is 0 Å². The first-order valence-corrected chi connectivity index (χ1v) is 11.5. The van der Waals surface area contributed by atoms with Crippen molar-refractivity contribution in [3.8, 4) is 0 Å². The molecule has 2 amide bonds. The van der Waals surface area contributed by atoms with Gasteiger partial charge in [-0.05, 0) is 30.2 Å². The number of alkyl halides is 3. The van der Waals surface area contributed by atoms with Gasteiger partial charge >= 0.3 is 6.18 Å². The zero-order valence-electron chi connectivity index (χ0n) is 20.0. The monoisotopic (exact) mass is 513 g/mol. The van der Waals surface area contributed by atoms with E-state index in [0.717, 1.165) is 23.3 Å². The fraction of sp³-hybridized carbons (Fsp3) is 0.259. The Labute approximate surface area is 212 Å². The molecule has 0 aliphatic carbocycles. The maximum Gasteiger partial charge on any atom is 0.417 e. The summed E-state index contributed by atoms with van der Waals surface area (Å²) < 4.78 is 43.7. The van der Waals surface area contributed by atoms with Crippen molar-refractivity contribution in [3.05, 3.63) is 101 Å². The molecule has 3 aromatic rings. The Balaban J connectivity index is 1.63. The lowest BCUT2D eigenvalue weighted by Crippen LogP contribution is -2.51. The lowest BCUT2D eigenvalue weighted by molar-refractivity contribution is -0.141. The number of amides is 2. The standard InChI is InChI=1S/C27H26F3N3O4/c1-18(37-17-20-10-6-3-7-11-20)25(35)33-23(14-19-8-4-2-5-9-19)24(34)26(36)32-16-22-13-12-21(15-31-22)27(28,29)30/h2-13,15,18,23H,14,16-17H2,1H3,(H,32,36)(H,33,35)/t18-,23-/m1/s1. The molecule has 0 bridgehead atoms. The molecule has 3 rings (SSSR count). The third-order valence-corrected chi connectivity index (χ3v) is 5.43. The minimum absolute atomic E-state index is 0.0583. The number of halogens is 3. The number of benzene rings is 2. The quantitative estimate of drug-likeness (QED) is 0.382. The second-order valence-corrected chi connectivity index (χ2v) is 8.27. The molecule has 1 heterocycles. The van der Waals surface area contributed by atoms with Crippen molar-refractivity contribution in [2.45, 2.75) is 44.8 Å². The van der Waals surface area contributed by atoms with E-state index in [1.54, 1.807) is 37.3 Å². The van der Waals surface area contributed by atoms with Crippen molar-refractivity contribution in [3.63, 3.8) is 0 Å². The smallest absolute Gasteiger partial charge is 0.364 e. The van der Waals surface area contributed by atoms with Crippen molar-refractivity contribution in [2.75, 3.05) is 0 Å². The topological polar surface area (TPSA) is 97.4 Å². The van der Waals surface area contributed by atoms with Crippen LogP contribution in [0.25, 0.3) is 0 Å². The molecule has 194 valence electrons. The fourth-order valence-corrected chi connectivity index (χ4v) is 3.33. The van der Waals surface area contributed by atoms with Crippen molar-refractivity contribution >= 4 is 17.6 Å². The number of nitrogens with zero attached hydrogens (tertiary/aromatic N) is 1. The molecule has 0 saturated carbocycles. The summed E-state index contributed by atoms with van der Waals surface area (Å²) >= 11 is 0. The van der Waals surface area contributed by atoms with Crippen LogP contribution < -0.4 is 10.6 Å². The van der Waals surface area contributed by atoms with Gasteiger partial charge in [0.05, 0.1) is 24.4 Å². The molecular formula is C27H26F3N3O4. The van der Waals surface area contributed by atoms with Gasteiger partial charge in [0.1, 0.15) is 12.1 Å². The highest BCUT2D eigenvalue weighted by Crippen LogP contribution is 2.28. The number of hydrogen-bond acceptors (Lipinski definition) is 5. The molecule has 37 heavy (non-hydrogen) atoms. The van der Waals surface area contributed by atoms with Crippen LogP contribution in [0, 0.1) is 0 Å². The number of ether oxygens (including phenoxy) is 1. The third kappa shape index (κ3) is 8.53. The number of ketones is 1. The van der Waals surface area contributed by atoms with Gasteiger partial charge in [0.15, 0.2) is 0 Å². The van der Waals surface area contributed by atoms with Crippen LogP contribution >= 0.6 is 0 Å².